The number of aryl methyl sites for hydroxylation is 1. The zero-order chi connectivity index (χ0) is 20.4. The number of nitrogens with one attached hydrogen (secondary N) is 2. The van der Waals surface area contributed by atoms with Crippen LogP contribution in [-0.2, 0) is 0 Å². The summed E-state index contributed by atoms with van der Waals surface area (Å²) >= 11 is 12.4. The highest BCUT2D eigenvalue weighted by atomic mass is 35.5. The Kier molecular flexibility index (Phi) is 5.90. The van der Waals surface area contributed by atoms with Crippen molar-refractivity contribution in [2.75, 3.05) is 18.4 Å². The summed E-state index contributed by atoms with van der Waals surface area (Å²) in [6.07, 6.45) is 3.54. The van der Waals surface area contributed by atoms with E-state index in [2.05, 4.69) is 15.7 Å². The number of anilines is 1. The fraction of sp³-hybridized carbons (Fsp3) is 0.273. The van der Waals surface area contributed by atoms with E-state index in [9.17, 15) is 4.79 Å². The van der Waals surface area contributed by atoms with E-state index < -0.39 is 0 Å². The van der Waals surface area contributed by atoms with Gasteiger partial charge in [-0.1, -0.05) is 35.3 Å². The van der Waals surface area contributed by atoms with Gasteiger partial charge in [-0.25, -0.2) is 4.68 Å². The average Bonchev–Trinajstić information content (AvgIpc) is 3.16. The summed E-state index contributed by atoms with van der Waals surface area (Å²) in [5, 5.41) is 12.1. The molecule has 0 aliphatic carbocycles. The van der Waals surface area contributed by atoms with Crippen LogP contribution in [0.1, 0.15) is 40.4 Å². The second-order valence-corrected chi connectivity index (χ2v) is 8.12. The van der Waals surface area contributed by atoms with Crippen LogP contribution in [0.4, 0.5) is 5.69 Å². The molecular weight excluding hydrogens is 407 g/mol. The predicted molar refractivity (Wildman–Crippen MR) is 118 cm³/mol. The van der Waals surface area contributed by atoms with Crippen molar-refractivity contribution < 1.29 is 4.79 Å². The molecule has 150 valence electrons. The van der Waals surface area contributed by atoms with Crippen molar-refractivity contribution in [2.45, 2.75) is 25.7 Å². The van der Waals surface area contributed by atoms with E-state index in [1.165, 1.54) is 0 Å². The van der Waals surface area contributed by atoms with E-state index >= 15 is 0 Å². The van der Waals surface area contributed by atoms with E-state index in [1.54, 1.807) is 18.3 Å². The molecule has 1 saturated heterocycles. The van der Waals surface area contributed by atoms with Crippen molar-refractivity contribution in [1.82, 2.24) is 15.1 Å². The molecule has 0 atom stereocenters. The lowest BCUT2D eigenvalue weighted by molar-refractivity contribution is 0.102. The van der Waals surface area contributed by atoms with Gasteiger partial charge in [0.1, 0.15) is 0 Å². The molecule has 0 unspecified atom stereocenters. The van der Waals surface area contributed by atoms with Crippen LogP contribution < -0.4 is 10.6 Å². The zero-order valence-electron chi connectivity index (χ0n) is 16.1. The summed E-state index contributed by atoms with van der Waals surface area (Å²) in [7, 11) is 0. The average molecular weight is 429 g/mol. The van der Waals surface area contributed by atoms with Crippen LogP contribution >= 0.6 is 23.2 Å². The maximum Gasteiger partial charge on any atom is 0.259 e. The number of halogens is 2. The van der Waals surface area contributed by atoms with Crippen molar-refractivity contribution in [1.29, 1.82) is 0 Å². The summed E-state index contributed by atoms with van der Waals surface area (Å²) < 4.78 is 1.86. The summed E-state index contributed by atoms with van der Waals surface area (Å²) in [4.78, 5) is 13.1. The highest BCUT2D eigenvalue weighted by Gasteiger charge is 2.27. The lowest BCUT2D eigenvalue weighted by Gasteiger charge is -2.25. The molecule has 0 saturated carbocycles. The number of hydrogen-bond donors (Lipinski definition) is 2. The molecule has 0 bridgehead atoms. The Balaban J connectivity index is 1.74. The third-order valence-electron chi connectivity index (χ3n) is 5.26. The number of piperidine rings is 1. The molecule has 5 nitrogen and oxygen atoms in total. The molecule has 29 heavy (non-hydrogen) atoms. The summed E-state index contributed by atoms with van der Waals surface area (Å²) in [5.74, 6) is 0.0456. The normalized spacial score (nSPS) is 14.7. The maximum atomic E-state index is 13.1. The second-order valence-electron chi connectivity index (χ2n) is 7.28. The highest BCUT2D eigenvalue weighted by Crippen LogP contribution is 2.31. The molecule has 1 aliphatic heterocycles. The third kappa shape index (κ3) is 4.32. The Labute approximate surface area is 180 Å². The van der Waals surface area contributed by atoms with Crippen LogP contribution in [0.25, 0.3) is 5.69 Å². The van der Waals surface area contributed by atoms with Gasteiger partial charge in [-0.2, -0.15) is 5.10 Å². The minimum atomic E-state index is -0.190. The van der Waals surface area contributed by atoms with Crippen LogP contribution in [-0.4, -0.2) is 28.8 Å². The molecule has 4 rings (SSSR count). The van der Waals surface area contributed by atoms with Gasteiger partial charge >= 0.3 is 0 Å². The molecule has 2 N–H and O–H groups in total. The third-order valence-corrected chi connectivity index (χ3v) is 5.90. The molecule has 3 aromatic rings. The van der Waals surface area contributed by atoms with Crippen LogP contribution in [0.2, 0.25) is 10.0 Å². The minimum Gasteiger partial charge on any atom is -0.322 e. The highest BCUT2D eigenvalue weighted by molar-refractivity contribution is 6.31. The van der Waals surface area contributed by atoms with Crippen molar-refractivity contribution >= 4 is 34.8 Å². The minimum absolute atomic E-state index is 0.190. The van der Waals surface area contributed by atoms with Crippen LogP contribution in [0.5, 0.6) is 0 Å². The number of amides is 1. The zero-order valence-corrected chi connectivity index (χ0v) is 17.6. The number of aromatic nitrogens is 2. The van der Waals surface area contributed by atoms with Gasteiger partial charge in [-0.05, 0) is 68.8 Å². The van der Waals surface area contributed by atoms with Crippen molar-refractivity contribution in [3.8, 4) is 5.69 Å². The van der Waals surface area contributed by atoms with E-state index in [0.29, 0.717) is 21.3 Å². The Morgan fingerprint density at radius 3 is 2.69 bits per heavy atom. The second kappa shape index (κ2) is 8.57. The number of benzene rings is 2. The summed E-state index contributed by atoms with van der Waals surface area (Å²) in [6, 6.07) is 13.0. The number of carbonyl (C=O) groups excluding carboxylic acids is 1. The molecular formula is C22H22Cl2N4O. The van der Waals surface area contributed by atoms with Gasteiger partial charge in [0.25, 0.3) is 5.91 Å². The number of carbonyl (C=O) groups is 1. The van der Waals surface area contributed by atoms with E-state index in [1.807, 2.05) is 41.9 Å². The molecule has 1 fully saturated rings. The fourth-order valence-corrected chi connectivity index (χ4v) is 4.07. The van der Waals surface area contributed by atoms with Crippen LogP contribution in [0.3, 0.4) is 0 Å². The molecule has 1 amide bonds. The summed E-state index contributed by atoms with van der Waals surface area (Å²) in [5.41, 5.74) is 4.02. The van der Waals surface area contributed by atoms with E-state index in [-0.39, 0.29) is 11.8 Å². The first-order chi connectivity index (χ1) is 14.0. The SMILES string of the molecule is Cc1ccc(-n2ncc(C(=O)Nc3cccc(Cl)c3)c2C2CCNCC2)cc1Cl. The quantitative estimate of drug-likeness (QED) is 0.599. The van der Waals surface area contributed by atoms with Gasteiger partial charge in [-0.3, -0.25) is 4.79 Å². The molecule has 1 aliphatic rings. The van der Waals surface area contributed by atoms with Crippen molar-refractivity contribution in [3.05, 3.63) is 75.5 Å². The van der Waals surface area contributed by atoms with Gasteiger partial charge in [0.15, 0.2) is 0 Å². The molecule has 0 radical (unpaired) electrons. The number of nitrogens with zero attached hydrogens (tertiary/aromatic N) is 2. The molecule has 1 aromatic heterocycles. The molecule has 7 heteroatoms. The number of rotatable bonds is 4. The lowest BCUT2D eigenvalue weighted by Crippen LogP contribution is -2.29. The van der Waals surface area contributed by atoms with Crippen molar-refractivity contribution in [3.63, 3.8) is 0 Å². The first kappa shape index (κ1) is 20.0. The number of hydrogen-bond acceptors (Lipinski definition) is 3. The largest absolute Gasteiger partial charge is 0.322 e. The topological polar surface area (TPSA) is 59.0 Å². The molecule has 2 aromatic carbocycles. The predicted octanol–water partition coefficient (Wildman–Crippen LogP) is 5.21. The van der Waals surface area contributed by atoms with Crippen LogP contribution in [0, 0.1) is 6.92 Å². The Hall–Kier alpha value is -2.34. The smallest absolute Gasteiger partial charge is 0.259 e. The molecule has 0 spiro atoms. The standard InChI is InChI=1S/C22H22Cl2N4O/c1-14-5-6-18(12-20(14)24)28-21(15-7-9-25-10-8-15)19(13-26-28)22(29)27-17-4-2-3-16(23)11-17/h2-6,11-13,15,25H,7-10H2,1H3,(H,27,29). The Morgan fingerprint density at radius 1 is 1.17 bits per heavy atom. The first-order valence-corrected chi connectivity index (χ1v) is 10.4. The van der Waals surface area contributed by atoms with Gasteiger partial charge in [0.05, 0.1) is 23.1 Å². The van der Waals surface area contributed by atoms with E-state index in [0.717, 1.165) is 42.9 Å². The van der Waals surface area contributed by atoms with Gasteiger partial charge < -0.3 is 10.6 Å². The maximum absolute atomic E-state index is 13.1. The van der Waals surface area contributed by atoms with Gasteiger partial charge in [-0.15, -0.1) is 0 Å². The monoisotopic (exact) mass is 428 g/mol. The lowest BCUT2D eigenvalue weighted by atomic mass is 9.91. The Morgan fingerprint density at radius 2 is 1.97 bits per heavy atom. The Bertz CT molecular complexity index is 1040. The summed E-state index contributed by atoms with van der Waals surface area (Å²) in [6.45, 7) is 3.80. The van der Waals surface area contributed by atoms with Crippen LogP contribution in [0.15, 0.2) is 48.7 Å². The fourth-order valence-electron chi connectivity index (χ4n) is 3.70. The van der Waals surface area contributed by atoms with Gasteiger partial charge in [0.2, 0.25) is 0 Å². The van der Waals surface area contributed by atoms with Crippen molar-refractivity contribution in [2.24, 2.45) is 0 Å². The van der Waals surface area contributed by atoms with E-state index in [4.69, 9.17) is 23.2 Å². The first-order valence-electron chi connectivity index (χ1n) is 9.65. The molecule has 2 heterocycles. The van der Waals surface area contributed by atoms with Gasteiger partial charge in [0, 0.05) is 21.7 Å².